The molecular weight excluding hydrogens is 271 g/mol. The summed E-state index contributed by atoms with van der Waals surface area (Å²) in [6.45, 7) is 0. The molecule has 0 bridgehead atoms. The summed E-state index contributed by atoms with van der Waals surface area (Å²) in [6.07, 6.45) is 0. The van der Waals surface area contributed by atoms with Crippen molar-refractivity contribution in [1.82, 2.24) is 0 Å². The molecule has 0 atom stereocenters. The molecule has 0 saturated heterocycles. The van der Waals surface area contributed by atoms with Crippen molar-refractivity contribution < 1.29 is 64.6 Å². The van der Waals surface area contributed by atoms with E-state index in [1.807, 2.05) is 0 Å². The van der Waals surface area contributed by atoms with Gasteiger partial charge in [0.25, 0.3) is 0 Å². The van der Waals surface area contributed by atoms with Crippen LogP contribution in [-0.2, 0) is 22.4 Å². The molecule has 0 fully saturated rings. The Kier molecular flexibility index (Phi) is 806. The van der Waals surface area contributed by atoms with Gasteiger partial charge in [0.15, 0.2) is 0 Å². The first-order chi connectivity index (χ1) is 0. The summed E-state index contributed by atoms with van der Waals surface area (Å²) in [5, 5.41) is 0. The monoisotopic (exact) mass is 275 g/mol. The van der Waals surface area contributed by atoms with Crippen LogP contribution in [-0.4, -0.2) is 11.0 Å². The van der Waals surface area contributed by atoms with Crippen LogP contribution in [0.5, 0.6) is 0 Å². The predicted octanol–water partition coefficient (Wildman–Crippen LogP) is -7.64. The summed E-state index contributed by atoms with van der Waals surface area (Å²) in [6, 6.07) is 0. The molecule has 1 radical (unpaired) electrons. The Hall–Kier alpha value is 1.55. The third kappa shape index (κ3) is 29.2. The van der Waals surface area contributed by atoms with Crippen LogP contribution in [0.4, 0.5) is 0 Å². The molecule has 4 N–H and O–H groups in total. The molecular formula is H4AuClLiO2. The van der Waals surface area contributed by atoms with E-state index in [-0.39, 0.29) is 64.6 Å². The summed E-state index contributed by atoms with van der Waals surface area (Å²) in [7, 11) is 0. The Labute approximate surface area is 64.4 Å². The maximum absolute atomic E-state index is 0. The van der Waals surface area contributed by atoms with E-state index in [0.29, 0.717) is 0 Å². The quantitative estimate of drug-likeness (QED) is 0.394. The molecule has 0 saturated carbocycles. The average Bonchev–Trinajstić information content (AvgIpc) is 0. The van der Waals surface area contributed by atoms with Gasteiger partial charge in [-0.25, -0.2) is 0 Å². The fourth-order valence-corrected chi connectivity index (χ4v) is 0. The van der Waals surface area contributed by atoms with Gasteiger partial charge < -0.3 is 23.4 Å². The van der Waals surface area contributed by atoms with Crippen molar-refractivity contribution in [2.45, 2.75) is 0 Å². The van der Waals surface area contributed by atoms with Gasteiger partial charge in [0, 0.05) is 22.4 Å². The largest absolute Gasteiger partial charge is 1.00 e. The molecule has 0 spiro atoms. The molecule has 0 heterocycles. The van der Waals surface area contributed by atoms with E-state index in [1.54, 1.807) is 0 Å². The molecule has 0 aromatic heterocycles. The summed E-state index contributed by atoms with van der Waals surface area (Å²) in [5.41, 5.74) is 0. The molecule has 0 aliphatic carbocycles. The first-order valence-electron chi connectivity index (χ1n) is 0. The number of hydrogen-bond acceptors (Lipinski definition) is 0. The van der Waals surface area contributed by atoms with E-state index in [0.717, 1.165) is 0 Å². The fraction of sp³-hybridized carbons (Fsp3) is 0. The van der Waals surface area contributed by atoms with E-state index < -0.39 is 0 Å². The smallest absolute Gasteiger partial charge is 1.00 e. The van der Waals surface area contributed by atoms with Gasteiger partial charge >= 0.3 is 18.9 Å². The molecule has 0 aromatic carbocycles. The topological polar surface area (TPSA) is 63.0 Å². The van der Waals surface area contributed by atoms with Crippen LogP contribution in [0.15, 0.2) is 0 Å². The van der Waals surface area contributed by atoms with Crippen molar-refractivity contribution >= 4 is 0 Å². The average molecular weight is 275 g/mol. The van der Waals surface area contributed by atoms with Crippen LogP contribution in [0.2, 0.25) is 0 Å². The van der Waals surface area contributed by atoms with E-state index >= 15 is 0 Å². The molecule has 0 aromatic rings. The van der Waals surface area contributed by atoms with Crippen LogP contribution < -0.4 is 31.3 Å². The number of halogens is 1. The molecule has 5 heavy (non-hydrogen) atoms. The normalized spacial score (nSPS) is 0. The van der Waals surface area contributed by atoms with Gasteiger partial charge in [0.1, 0.15) is 0 Å². The van der Waals surface area contributed by atoms with Gasteiger partial charge in [-0.3, -0.25) is 0 Å². The van der Waals surface area contributed by atoms with Gasteiger partial charge in [0.05, 0.1) is 0 Å². The van der Waals surface area contributed by atoms with E-state index in [1.165, 1.54) is 0 Å². The van der Waals surface area contributed by atoms with E-state index in [2.05, 4.69) is 0 Å². The van der Waals surface area contributed by atoms with Crippen LogP contribution in [0.3, 0.4) is 0 Å². The van der Waals surface area contributed by atoms with Crippen LogP contribution in [0.1, 0.15) is 0 Å². The van der Waals surface area contributed by atoms with Crippen LogP contribution >= 0.6 is 0 Å². The Balaban J connectivity index is 0. The van der Waals surface area contributed by atoms with Crippen LogP contribution in [0, 0.1) is 0 Å². The van der Waals surface area contributed by atoms with E-state index in [4.69, 9.17) is 0 Å². The second-order valence-corrected chi connectivity index (χ2v) is 0. The molecule has 0 aliphatic rings. The van der Waals surface area contributed by atoms with Gasteiger partial charge in [0.2, 0.25) is 0 Å². The van der Waals surface area contributed by atoms with Crippen molar-refractivity contribution in [3.63, 3.8) is 0 Å². The van der Waals surface area contributed by atoms with Crippen molar-refractivity contribution in [3.8, 4) is 0 Å². The first-order valence-corrected chi connectivity index (χ1v) is 0. The minimum atomic E-state index is 0. The zero-order chi connectivity index (χ0) is 0. The summed E-state index contributed by atoms with van der Waals surface area (Å²) < 4.78 is 0. The first kappa shape index (κ1) is 84.1. The second kappa shape index (κ2) is 47.9. The Bertz CT molecular complexity index is 9.61. The second-order valence-electron chi connectivity index (χ2n) is 0. The van der Waals surface area contributed by atoms with Crippen molar-refractivity contribution in [1.29, 1.82) is 0 Å². The van der Waals surface area contributed by atoms with Gasteiger partial charge in [-0.05, 0) is 0 Å². The molecule has 0 amide bonds. The van der Waals surface area contributed by atoms with Crippen molar-refractivity contribution in [3.05, 3.63) is 0 Å². The van der Waals surface area contributed by atoms with Crippen molar-refractivity contribution in [2.24, 2.45) is 0 Å². The van der Waals surface area contributed by atoms with Gasteiger partial charge in [-0.2, -0.15) is 0 Å². The van der Waals surface area contributed by atoms with Gasteiger partial charge in [-0.1, -0.05) is 0 Å². The van der Waals surface area contributed by atoms with Gasteiger partial charge in [-0.15, -0.1) is 0 Å². The molecule has 0 rings (SSSR count). The Morgan fingerprint density at radius 2 is 0.800 bits per heavy atom. The molecule has 0 unspecified atom stereocenters. The third-order valence-corrected chi connectivity index (χ3v) is 0. The number of rotatable bonds is 0. The Morgan fingerprint density at radius 1 is 0.800 bits per heavy atom. The maximum Gasteiger partial charge on any atom is 1.00 e. The standard InChI is InChI=1S/Au.ClH.Li.2H2O/h;1H;;2*1H2/q;;+1;;/p-1. The van der Waals surface area contributed by atoms with E-state index in [9.17, 15) is 0 Å². The van der Waals surface area contributed by atoms with Crippen molar-refractivity contribution in [2.75, 3.05) is 0 Å². The molecule has 5 heteroatoms. The molecule has 0 aliphatic heterocycles. The predicted molar refractivity (Wildman–Crippen MR) is 7.23 cm³/mol. The summed E-state index contributed by atoms with van der Waals surface area (Å²) in [5.74, 6) is 0. The summed E-state index contributed by atoms with van der Waals surface area (Å²) >= 11 is 0. The zero-order valence-corrected chi connectivity index (χ0v) is 5.60. The zero-order valence-electron chi connectivity index (χ0n) is 2.68. The maximum atomic E-state index is 0. The van der Waals surface area contributed by atoms with Crippen LogP contribution in [0.25, 0.3) is 0 Å². The minimum Gasteiger partial charge on any atom is -1.00 e. The fourth-order valence-electron chi connectivity index (χ4n) is 0. The third-order valence-electron chi connectivity index (χ3n) is 0. The minimum absolute atomic E-state index is 0. The summed E-state index contributed by atoms with van der Waals surface area (Å²) in [4.78, 5) is 0. The molecule has 35 valence electrons. The molecule has 2 nitrogen and oxygen atoms in total. The SMILES string of the molecule is O.O.[Au].[Cl-].[Li+]. The number of hydrogen-bond donors (Lipinski definition) is 0. The Morgan fingerprint density at radius 3 is 0.800 bits per heavy atom.